The number of methoxy groups -OCH3 is 1. The Balaban J connectivity index is 1.64. The number of rotatable bonds is 6. The van der Waals surface area contributed by atoms with E-state index in [0.29, 0.717) is 23.9 Å². The predicted molar refractivity (Wildman–Crippen MR) is 115 cm³/mol. The lowest BCUT2D eigenvalue weighted by Crippen LogP contribution is -2.36. The summed E-state index contributed by atoms with van der Waals surface area (Å²) >= 11 is 1.57. The minimum absolute atomic E-state index is 0.0291. The molecule has 0 spiro atoms. The molecule has 0 N–H and O–H groups in total. The van der Waals surface area contributed by atoms with Crippen LogP contribution >= 0.6 is 11.3 Å². The van der Waals surface area contributed by atoms with E-state index in [-0.39, 0.29) is 5.91 Å². The molecule has 1 unspecified atom stereocenters. The third kappa shape index (κ3) is 3.88. The monoisotopic (exact) mass is 395 g/mol. The van der Waals surface area contributed by atoms with Gasteiger partial charge in [-0.25, -0.2) is 4.98 Å². The quantitative estimate of drug-likeness (QED) is 0.619. The van der Waals surface area contributed by atoms with Gasteiger partial charge in [0.2, 0.25) is 0 Å². The van der Waals surface area contributed by atoms with Crippen LogP contribution in [0.15, 0.2) is 48.5 Å². The molecule has 0 aliphatic carbocycles. The van der Waals surface area contributed by atoms with E-state index in [1.165, 1.54) is 12.8 Å². The number of thiazole rings is 1. The summed E-state index contributed by atoms with van der Waals surface area (Å²) in [4.78, 5) is 22.4. The molecule has 0 radical (unpaired) electrons. The smallest absolute Gasteiger partial charge is 0.260 e. The number of benzene rings is 2. The topological polar surface area (TPSA) is 45.7 Å². The lowest BCUT2D eigenvalue weighted by atomic mass is 10.1. The Morgan fingerprint density at radius 2 is 2.14 bits per heavy atom. The van der Waals surface area contributed by atoms with Crippen molar-refractivity contribution in [3.8, 4) is 5.75 Å². The minimum Gasteiger partial charge on any atom is -0.497 e. The van der Waals surface area contributed by atoms with Gasteiger partial charge in [0.1, 0.15) is 5.75 Å². The fraction of sp³-hybridized carbons (Fsp3) is 0.364. The zero-order chi connectivity index (χ0) is 19.5. The van der Waals surface area contributed by atoms with Crippen LogP contribution < -0.4 is 9.64 Å². The summed E-state index contributed by atoms with van der Waals surface area (Å²) in [6.45, 7) is 1.79. The molecule has 1 saturated heterocycles. The average molecular weight is 396 g/mol. The van der Waals surface area contributed by atoms with Gasteiger partial charge < -0.3 is 9.64 Å². The first-order chi connectivity index (χ1) is 13.7. The van der Waals surface area contributed by atoms with Crippen molar-refractivity contribution in [2.24, 2.45) is 0 Å². The summed E-state index contributed by atoms with van der Waals surface area (Å²) in [5.41, 5.74) is 1.56. The lowest BCUT2D eigenvalue weighted by Gasteiger charge is -2.25. The number of amides is 1. The number of hydrogen-bond acceptors (Lipinski definition) is 5. The van der Waals surface area contributed by atoms with Gasteiger partial charge in [0.05, 0.1) is 17.3 Å². The van der Waals surface area contributed by atoms with E-state index in [4.69, 9.17) is 9.72 Å². The Morgan fingerprint density at radius 3 is 2.89 bits per heavy atom. The maximum absolute atomic E-state index is 13.4. The van der Waals surface area contributed by atoms with Gasteiger partial charge in [0.25, 0.3) is 5.91 Å². The van der Waals surface area contributed by atoms with Crippen LogP contribution in [0.5, 0.6) is 5.75 Å². The summed E-state index contributed by atoms with van der Waals surface area (Å²) in [5.74, 6) is 0.657. The van der Waals surface area contributed by atoms with Gasteiger partial charge in [-0.2, -0.15) is 0 Å². The fourth-order valence-corrected chi connectivity index (χ4v) is 4.78. The summed E-state index contributed by atoms with van der Waals surface area (Å²) in [6, 6.07) is 15.9. The summed E-state index contributed by atoms with van der Waals surface area (Å²) < 4.78 is 6.40. The van der Waals surface area contributed by atoms with Crippen LogP contribution in [-0.4, -0.2) is 49.1 Å². The third-order valence-corrected chi connectivity index (χ3v) is 6.49. The Morgan fingerprint density at radius 1 is 1.29 bits per heavy atom. The molecule has 2 heterocycles. The third-order valence-electron chi connectivity index (χ3n) is 5.43. The van der Waals surface area contributed by atoms with Crippen LogP contribution in [-0.2, 0) is 0 Å². The highest BCUT2D eigenvalue weighted by molar-refractivity contribution is 7.22. The van der Waals surface area contributed by atoms with Crippen LogP contribution in [0, 0.1) is 0 Å². The van der Waals surface area contributed by atoms with Gasteiger partial charge in [-0.1, -0.05) is 29.5 Å². The highest BCUT2D eigenvalue weighted by Gasteiger charge is 2.26. The van der Waals surface area contributed by atoms with Gasteiger partial charge in [-0.15, -0.1) is 0 Å². The number of para-hydroxylation sites is 1. The first-order valence-electron chi connectivity index (χ1n) is 9.67. The van der Waals surface area contributed by atoms with Crippen LogP contribution in [0.1, 0.15) is 29.6 Å². The van der Waals surface area contributed by atoms with Crippen molar-refractivity contribution < 1.29 is 9.53 Å². The number of carbonyl (C=O) groups is 1. The van der Waals surface area contributed by atoms with E-state index >= 15 is 0 Å². The SMILES string of the molecule is COc1cccc(C(=O)N(CCC2CCCN2C)c2nc3ccccc3s2)c1. The Hall–Kier alpha value is -2.44. The Labute approximate surface area is 169 Å². The number of carbonyl (C=O) groups excluding carboxylic acids is 1. The van der Waals surface area contributed by atoms with Crippen molar-refractivity contribution in [3.05, 3.63) is 54.1 Å². The zero-order valence-corrected chi connectivity index (χ0v) is 17.1. The van der Waals surface area contributed by atoms with E-state index in [1.807, 2.05) is 41.3 Å². The van der Waals surface area contributed by atoms with E-state index < -0.39 is 0 Å². The molecular formula is C22H25N3O2S. The standard InChI is InChI=1S/C22H25N3O2S/c1-24-13-6-8-17(24)12-14-25(21(26)16-7-5-9-18(15-16)27-2)22-23-19-10-3-4-11-20(19)28-22/h3-5,7,9-11,15,17H,6,8,12-14H2,1-2H3. The number of likely N-dealkylation sites (tertiary alicyclic amines) is 1. The Kier molecular flexibility index (Phi) is 5.59. The van der Waals surface area contributed by atoms with Crippen LogP contribution in [0.25, 0.3) is 10.2 Å². The first kappa shape index (κ1) is 18.9. The second-order valence-electron chi connectivity index (χ2n) is 7.22. The van der Waals surface area contributed by atoms with Crippen molar-refractivity contribution in [1.82, 2.24) is 9.88 Å². The molecule has 0 saturated carbocycles. The van der Waals surface area contributed by atoms with Gasteiger partial charge >= 0.3 is 0 Å². The average Bonchev–Trinajstić information content (AvgIpc) is 3.34. The molecule has 6 heteroatoms. The molecule has 146 valence electrons. The largest absolute Gasteiger partial charge is 0.497 e. The molecule has 1 amide bonds. The van der Waals surface area contributed by atoms with Crippen LogP contribution in [0.3, 0.4) is 0 Å². The number of ether oxygens (including phenoxy) is 1. The molecule has 4 rings (SSSR count). The molecule has 1 aromatic heterocycles. The van der Waals surface area contributed by atoms with Crippen molar-refractivity contribution in [3.63, 3.8) is 0 Å². The molecule has 1 aliphatic heterocycles. The summed E-state index contributed by atoms with van der Waals surface area (Å²) in [5, 5.41) is 0.759. The molecule has 2 aromatic carbocycles. The molecule has 5 nitrogen and oxygen atoms in total. The van der Waals surface area contributed by atoms with E-state index in [0.717, 1.165) is 28.3 Å². The van der Waals surface area contributed by atoms with Gasteiger partial charge in [0, 0.05) is 18.2 Å². The molecule has 0 bridgehead atoms. The second kappa shape index (κ2) is 8.29. The van der Waals surface area contributed by atoms with Gasteiger partial charge in [-0.05, 0) is 63.2 Å². The van der Waals surface area contributed by atoms with Crippen molar-refractivity contribution in [2.45, 2.75) is 25.3 Å². The number of aromatic nitrogens is 1. The van der Waals surface area contributed by atoms with Crippen molar-refractivity contribution in [2.75, 3.05) is 32.1 Å². The molecule has 1 atom stereocenters. The summed E-state index contributed by atoms with van der Waals surface area (Å²) in [6.07, 6.45) is 3.37. The molecule has 1 aliphatic rings. The maximum Gasteiger partial charge on any atom is 0.260 e. The van der Waals surface area contributed by atoms with Gasteiger partial charge in [0.15, 0.2) is 5.13 Å². The minimum atomic E-state index is -0.0291. The molecular weight excluding hydrogens is 370 g/mol. The number of hydrogen-bond donors (Lipinski definition) is 0. The molecule has 28 heavy (non-hydrogen) atoms. The van der Waals surface area contributed by atoms with E-state index in [9.17, 15) is 4.79 Å². The van der Waals surface area contributed by atoms with Crippen LogP contribution in [0.2, 0.25) is 0 Å². The predicted octanol–water partition coefficient (Wildman–Crippen LogP) is 4.44. The molecule has 1 fully saturated rings. The zero-order valence-electron chi connectivity index (χ0n) is 16.3. The maximum atomic E-state index is 13.4. The first-order valence-corrected chi connectivity index (χ1v) is 10.5. The van der Waals surface area contributed by atoms with Crippen molar-refractivity contribution in [1.29, 1.82) is 0 Å². The summed E-state index contributed by atoms with van der Waals surface area (Å²) in [7, 11) is 3.79. The van der Waals surface area contributed by atoms with E-state index in [2.05, 4.69) is 18.0 Å². The molecule has 3 aromatic rings. The second-order valence-corrected chi connectivity index (χ2v) is 8.23. The van der Waals surface area contributed by atoms with E-state index in [1.54, 1.807) is 24.5 Å². The fourth-order valence-electron chi connectivity index (χ4n) is 3.79. The van der Waals surface area contributed by atoms with Crippen LogP contribution in [0.4, 0.5) is 5.13 Å². The highest BCUT2D eigenvalue weighted by atomic mass is 32.1. The number of fused-ring (bicyclic) bond motifs is 1. The highest BCUT2D eigenvalue weighted by Crippen LogP contribution is 2.31. The van der Waals surface area contributed by atoms with Crippen molar-refractivity contribution >= 4 is 32.6 Å². The normalized spacial score (nSPS) is 17.1. The lowest BCUT2D eigenvalue weighted by molar-refractivity contribution is 0.0984. The van der Waals surface area contributed by atoms with Gasteiger partial charge in [-0.3, -0.25) is 9.69 Å². The number of nitrogens with zero attached hydrogens (tertiary/aromatic N) is 3. The Bertz CT molecular complexity index is 938. The number of anilines is 1.